The van der Waals surface area contributed by atoms with Crippen molar-refractivity contribution in [2.24, 2.45) is 16.8 Å². The van der Waals surface area contributed by atoms with Gasteiger partial charge in [0.15, 0.2) is 0 Å². The zero-order valence-electron chi connectivity index (χ0n) is 21.0. The molecule has 0 saturated heterocycles. The van der Waals surface area contributed by atoms with E-state index in [1.807, 2.05) is 19.1 Å². The van der Waals surface area contributed by atoms with Crippen molar-refractivity contribution >= 4 is 41.2 Å². The number of hydrogen-bond donors (Lipinski definition) is 3. The quantitative estimate of drug-likeness (QED) is 0.266. The van der Waals surface area contributed by atoms with Gasteiger partial charge in [-0.3, -0.25) is 4.99 Å². The minimum atomic E-state index is -1.63. The standard InChI is InChI=1S/C26H34FN5.CH3.Sb/c1-5-7-22(17(3)4)29-23(8-6-2)19-10-11-20(14-19)24-15-26(32-31-24)30-25-13-18(16-28)9-12-21(25)27;;/h5,7-8,12-13,15,17,19-20,28H,6,10-11,14,16H2,1-4H3,(H2,30,31,32);1H3;/q-1;;+1/b7-5-,23-8+,29-22-;;. The van der Waals surface area contributed by atoms with Gasteiger partial charge in [0.05, 0.1) is 0 Å². The van der Waals surface area contributed by atoms with Crippen LogP contribution in [0.3, 0.4) is 0 Å². The van der Waals surface area contributed by atoms with Crippen molar-refractivity contribution in [1.82, 2.24) is 13.7 Å². The van der Waals surface area contributed by atoms with Gasteiger partial charge in [-0.2, -0.15) is 0 Å². The largest absolute Gasteiger partial charge is 0.0572 e. The first-order chi connectivity index (χ1) is 16.4. The Labute approximate surface area is 210 Å². The zero-order chi connectivity index (χ0) is 24.2. The van der Waals surface area contributed by atoms with Crippen molar-refractivity contribution < 1.29 is 4.39 Å². The number of nitrogens with one attached hydrogen (secondary N) is 3. The number of benzene rings is 1. The van der Waals surface area contributed by atoms with Gasteiger partial charge in [0.2, 0.25) is 0 Å². The first-order valence-corrected chi connectivity index (χ1v) is 17.5. The summed E-state index contributed by atoms with van der Waals surface area (Å²) in [5, 5.41) is 10.9. The summed E-state index contributed by atoms with van der Waals surface area (Å²) in [7, 11) is 0. The molecule has 1 aliphatic heterocycles. The van der Waals surface area contributed by atoms with Gasteiger partial charge in [-0.1, -0.05) is 32.9 Å². The second kappa shape index (κ2) is 11.2. The molecule has 2 unspecified atom stereocenters. The van der Waals surface area contributed by atoms with E-state index in [-0.39, 0.29) is 5.82 Å². The van der Waals surface area contributed by atoms with Gasteiger partial charge in [-0.05, 0) is 25.3 Å². The molecule has 4 rings (SSSR count). The van der Waals surface area contributed by atoms with Crippen molar-refractivity contribution in [3.8, 4) is 0 Å². The average Bonchev–Trinajstić information content (AvgIpc) is 3.54. The molecule has 1 aromatic heterocycles. The van der Waals surface area contributed by atoms with Crippen LogP contribution in [-0.4, -0.2) is 36.4 Å². The number of rotatable bonds is 8. The van der Waals surface area contributed by atoms with Crippen LogP contribution in [0.15, 0.2) is 47.1 Å². The fourth-order valence-electron chi connectivity index (χ4n) is 4.92. The van der Waals surface area contributed by atoms with E-state index in [9.17, 15) is 4.39 Å². The molecular formula is C27H37FN5Sb. The molecule has 34 heavy (non-hydrogen) atoms. The molecule has 0 bridgehead atoms. The van der Waals surface area contributed by atoms with Crippen LogP contribution >= 0.6 is 0 Å². The van der Waals surface area contributed by atoms with Crippen LogP contribution < -0.4 is 12.3 Å². The fourth-order valence-corrected chi connectivity index (χ4v) is 9.08. The van der Waals surface area contributed by atoms with E-state index in [0.717, 1.165) is 43.6 Å². The Bertz CT molecular complexity index is 1100. The maximum Gasteiger partial charge on any atom is -0.00448 e. The van der Waals surface area contributed by atoms with E-state index in [2.05, 4.69) is 62.9 Å². The minimum absolute atomic E-state index is 0.196. The molecule has 2 aromatic rings. The molecule has 5 nitrogen and oxygen atoms in total. The summed E-state index contributed by atoms with van der Waals surface area (Å²) < 4.78 is 19.5. The van der Waals surface area contributed by atoms with Gasteiger partial charge >= 0.3 is 142 Å². The predicted octanol–water partition coefficient (Wildman–Crippen LogP) is 6.07. The SMILES string of the molecule is C\C=C/C(=N/C(=C/CC)C1CCC(c2cc(Nc3cc4[c](cc3F)[Sb]([CH3])[NH]C4)n[nH]2)C1)C(C)C. The summed E-state index contributed by atoms with van der Waals surface area (Å²) in [6.07, 6.45) is 10.8. The van der Waals surface area contributed by atoms with Crippen molar-refractivity contribution in [3.63, 3.8) is 0 Å². The molecule has 2 atom stereocenters. The summed E-state index contributed by atoms with van der Waals surface area (Å²) in [5.41, 5.74) is 5.21. The molecular weight excluding hydrogens is 535 g/mol. The van der Waals surface area contributed by atoms with Crippen molar-refractivity contribution in [2.45, 2.75) is 70.7 Å². The third-order valence-electron chi connectivity index (χ3n) is 6.79. The number of allylic oxidation sites excluding steroid dienone is 4. The Kier molecular flexibility index (Phi) is 8.31. The van der Waals surface area contributed by atoms with E-state index in [4.69, 9.17) is 4.99 Å². The molecule has 7 heteroatoms. The van der Waals surface area contributed by atoms with Crippen LogP contribution in [-0.2, 0) is 6.54 Å². The Morgan fingerprint density at radius 1 is 1.32 bits per heavy atom. The zero-order valence-corrected chi connectivity index (χ0v) is 23.5. The maximum absolute atomic E-state index is 14.7. The molecule has 0 radical (unpaired) electrons. The summed E-state index contributed by atoms with van der Waals surface area (Å²) >= 11 is -1.63. The van der Waals surface area contributed by atoms with Gasteiger partial charge in [0.25, 0.3) is 0 Å². The van der Waals surface area contributed by atoms with E-state index < -0.39 is 20.5 Å². The average molecular weight is 572 g/mol. The van der Waals surface area contributed by atoms with Crippen LogP contribution in [0, 0.1) is 17.7 Å². The molecule has 1 fully saturated rings. The Morgan fingerprint density at radius 2 is 2.15 bits per heavy atom. The van der Waals surface area contributed by atoms with Gasteiger partial charge in [0.1, 0.15) is 0 Å². The number of halogens is 1. The molecule has 182 valence electrons. The summed E-state index contributed by atoms with van der Waals surface area (Å²) in [6, 6.07) is 5.71. The summed E-state index contributed by atoms with van der Waals surface area (Å²) in [5.74, 6) is 1.75. The minimum Gasteiger partial charge on any atom is -0.0572 e. The van der Waals surface area contributed by atoms with Crippen molar-refractivity contribution in [1.29, 1.82) is 0 Å². The van der Waals surface area contributed by atoms with Crippen molar-refractivity contribution in [3.05, 3.63) is 59.2 Å². The third-order valence-corrected chi connectivity index (χ3v) is 11.8. The predicted molar refractivity (Wildman–Crippen MR) is 142 cm³/mol. The van der Waals surface area contributed by atoms with E-state index in [1.165, 1.54) is 14.8 Å². The second-order valence-electron chi connectivity index (χ2n) is 9.62. The monoisotopic (exact) mass is 571 g/mol. The molecule has 1 saturated carbocycles. The number of anilines is 2. The van der Waals surface area contributed by atoms with E-state index >= 15 is 0 Å². The normalized spacial score (nSPS) is 21.7. The Balaban J connectivity index is 1.46. The topological polar surface area (TPSA) is 65.1 Å². The molecule has 1 aromatic carbocycles. The molecule has 2 aliphatic rings. The van der Waals surface area contributed by atoms with E-state index in [1.54, 1.807) is 6.07 Å². The van der Waals surface area contributed by atoms with Crippen LogP contribution in [0.25, 0.3) is 0 Å². The Hall–Kier alpha value is -1.91. The maximum atomic E-state index is 14.7. The summed E-state index contributed by atoms with van der Waals surface area (Å²) in [6.45, 7) is 9.47. The van der Waals surface area contributed by atoms with Gasteiger partial charge in [-0.15, -0.1) is 0 Å². The molecule has 0 spiro atoms. The molecule has 1 aliphatic carbocycles. The number of aromatic amines is 1. The van der Waals surface area contributed by atoms with E-state index in [0.29, 0.717) is 29.3 Å². The van der Waals surface area contributed by atoms with Gasteiger partial charge in [-0.25, -0.2) is 0 Å². The molecule has 3 N–H and O–H groups in total. The Morgan fingerprint density at radius 3 is 2.88 bits per heavy atom. The number of H-pyrrole nitrogens is 1. The first-order valence-electron chi connectivity index (χ1n) is 12.4. The van der Waals surface area contributed by atoms with Crippen LogP contribution in [0.2, 0.25) is 4.87 Å². The molecule has 0 amide bonds. The fraction of sp³-hybridized carbons (Fsp3) is 0.481. The number of aliphatic imine (C=N–C) groups is 1. The van der Waals surface area contributed by atoms with Crippen LogP contribution in [0.4, 0.5) is 15.9 Å². The summed E-state index contributed by atoms with van der Waals surface area (Å²) in [4.78, 5) is 7.32. The molecule has 2 heterocycles. The van der Waals surface area contributed by atoms with Crippen LogP contribution in [0.1, 0.15) is 70.6 Å². The van der Waals surface area contributed by atoms with Crippen LogP contribution in [0.5, 0.6) is 0 Å². The smallest absolute Gasteiger partial charge is 0.00448 e. The van der Waals surface area contributed by atoms with Gasteiger partial charge in [0, 0.05) is 5.71 Å². The number of aromatic nitrogens is 2. The third kappa shape index (κ3) is 5.66. The second-order valence-corrected chi connectivity index (χ2v) is 15.1. The number of hydrogen-bond acceptors (Lipinski definition) is 4. The van der Waals surface area contributed by atoms with Crippen molar-refractivity contribution in [2.75, 3.05) is 5.32 Å². The number of fused-ring (bicyclic) bond motifs is 1. The van der Waals surface area contributed by atoms with Gasteiger partial charge < -0.3 is 0 Å². The number of nitrogens with zero attached hydrogens (tertiary/aromatic N) is 2. The first kappa shape index (κ1) is 25.2.